The molecular formula is C22H23NO3S2. The van der Waals surface area contributed by atoms with Crippen LogP contribution in [-0.2, 0) is 15.6 Å². The second-order valence-corrected chi connectivity index (χ2v) is 10.2. The largest absolute Gasteiger partial charge is 0.380 e. The van der Waals surface area contributed by atoms with E-state index in [2.05, 4.69) is 0 Å². The second-order valence-electron chi connectivity index (χ2n) is 7.11. The molecule has 0 amide bonds. The highest BCUT2D eigenvalue weighted by molar-refractivity contribution is 7.91. The van der Waals surface area contributed by atoms with Crippen molar-refractivity contribution < 1.29 is 13.5 Å². The monoisotopic (exact) mass is 413 g/mol. The minimum atomic E-state index is -3.45. The molecule has 3 aromatic rings. The van der Waals surface area contributed by atoms with Gasteiger partial charge in [0.05, 0.1) is 0 Å². The zero-order chi connectivity index (χ0) is 19.6. The quantitative estimate of drug-likeness (QED) is 0.686. The first-order valence-corrected chi connectivity index (χ1v) is 11.7. The van der Waals surface area contributed by atoms with Gasteiger partial charge in [-0.2, -0.15) is 4.31 Å². The first-order chi connectivity index (χ1) is 13.5. The number of thiophene rings is 1. The van der Waals surface area contributed by atoms with Gasteiger partial charge < -0.3 is 5.11 Å². The van der Waals surface area contributed by atoms with E-state index in [1.54, 1.807) is 21.8 Å². The maximum atomic E-state index is 12.8. The molecule has 146 valence electrons. The Bertz CT molecular complexity index is 955. The Hall–Kier alpha value is -1.99. The van der Waals surface area contributed by atoms with Gasteiger partial charge in [-0.25, -0.2) is 8.42 Å². The zero-order valence-corrected chi connectivity index (χ0v) is 17.1. The summed E-state index contributed by atoms with van der Waals surface area (Å²) in [5.74, 6) is -0.0629. The van der Waals surface area contributed by atoms with Gasteiger partial charge in [0.15, 0.2) is 0 Å². The second kappa shape index (κ2) is 7.79. The lowest BCUT2D eigenvalue weighted by molar-refractivity contribution is -0.00529. The maximum Gasteiger partial charge on any atom is 0.252 e. The third kappa shape index (κ3) is 3.42. The van der Waals surface area contributed by atoms with E-state index in [9.17, 15) is 13.5 Å². The summed E-state index contributed by atoms with van der Waals surface area (Å²) in [6, 6.07) is 22.8. The topological polar surface area (TPSA) is 57.6 Å². The summed E-state index contributed by atoms with van der Waals surface area (Å²) in [6.07, 6.45) is 1.20. The van der Waals surface area contributed by atoms with Crippen LogP contribution in [0.4, 0.5) is 0 Å². The van der Waals surface area contributed by atoms with Crippen LogP contribution in [0.3, 0.4) is 0 Å². The third-order valence-corrected chi connectivity index (χ3v) is 8.83. The van der Waals surface area contributed by atoms with Gasteiger partial charge in [-0.1, -0.05) is 66.7 Å². The molecule has 0 unspecified atom stereocenters. The molecule has 1 saturated heterocycles. The zero-order valence-electron chi connectivity index (χ0n) is 15.4. The molecule has 2 heterocycles. The van der Waals surface area contributed by atoms with E-state index < -0.39 is 15.6 Å². The van der Waals surface area contributed by atoms with Crippen molar-refractivity contribution in [2.45, 2.75) is 22.7 Å². The summed E-state index contributed by atoms with van der Waals surface area (Å²) < 4.78 is 27.6. The summed E-state index contributed by atoms with van der Waals surface area (Å²) in [6.45, 7) is 0.819. The van der Waals surface area contributed by atoms with Crippen molar-refractivity contribution in [1.29, 1.82) is 0 Å². The molecule has 0 spiro atoms. The molecule has 0 aliphatic carbocycles. The Kier molecular flexibility index (Phi) is 5.38. The highest BCUT2D eigenvalue weighted by Crippen LogP contribution is 2.42. The first-order valence-electron chi connectivity index (χ1n) is 9.40. The average Bonchev–Trinajstić information content (AvgIpc) is 3.30. The number of rotatable bonds is 5. The van der Waals surface area contributed by atoms with Crippen molar-refractivity contribution in [1.82, 2.24) is 4.31 Å². The predicted molar refractivity (Wildman–Crippen MR) is 112 cm³/mol. The van der Waals surface area contributed by atoms with Gasteiger partial charge in [-0.15, -0.1) is 11.3 Å². The summed E-state index contributed by atoms with van der Waals surface area (Å²) in [7, 11) is -3.45. The van der Waals surface area contributed by atoms with Crippen LogP contribution in [0.15, 0.2) is 82.4 Å². The molecule has 0 bridgehead atoms. The Morgan fingerprint density at radius 3 is 1.86 bits per heavy atom. The lowest BCUT2D eigenvalue weighted by Crippen LogP contribution is -2.45. The highest BCUT2D eigenvalue weighted by atomic mass is 32.2. The predicted octanol–water partition coefficient (Wildman–Crippen LogP) is 4.08. The molecule has 4 rings (SSSR count). The average molecular weight is 414 g/mol. The highest BCUT2D eigenvalue weighted by Gasteiger charge is 2.43. The van der Waals surface area contributed by atoms with Crippen molar-refractivity contribution >= 4 is 21.4 Å². The smallest absolute Gasteiger partial charge is 0.252 e. The Labute approximate surface area is 170 Å². The molecule has 0 radical (unpaired) electrons. The number of piperidine rings is 1. The minimum Gasteiger partial charge on any atom is -0.380 e. The number of nitrogens with zero attached hydrogens (tertiary/aromatic N) is 1. The standard InChI is InChI=1S/C22H23NO3S2/c24-22(18-8-3-1-4-9-18,19-10-5-2-6-11-19)20-13-15-23(16-14-20)28(25,26)21-12-7-17-27-21/h1-12,17,20,24H,13-16H2. The van der Waals surface area contributed by atoms with Crippen molar-refractivity contribution in [3.05, 3.63) is 89.3 Å². The van der Waals surface area contributed by atoms with Gasteiger partial charge in [0.25, 0.3) is 10.0 Å². The molecule has 1 fully saturated rings. The fourth-order valence-corrected chi connectivity index (χ4v) is 6.69. The van der Waals surface area contributed by atoms with Crippen LogP contribution in [0.1, 0.15) is 24.0 Å². The number of aliphatic hydroxyl groups is 1. The van der Waals surface area contributed by atoms with E-state index in [1.165, 1.54) is 11.3 Å². The summed E-state index contributed by atoms with van der Waals surface area (Å²) in [4.78, 5) is 0. The molecule has 1 N–H and O–H groups in total. The molecule has 4 nitrogen and oxygen atoms in total. The molecule has 28 heavy (non-hydrogen) atoms. The summed E-state index contributed by atoms with van der Waals surface area (Å²) >= 11 is 1.24. The van der Waals surface area contributed by atoms with Gasteiger partial charge in [0.2, 0.25) is 0 Å². The molecule has 1 aliphatic heterocycles. The van der Waals surface area contributed by atoms with E-state index >= 15 is 0 Å². The SMILES string of the molecule is O=S(=O)(c1cccs1)N1CCC(C(O)(c2ccccc2)c2ccccc2)CC1. The fourth-order valence-electron chi connectivity index (χ4n) is 4.07. The molecule has 0 saturated carbocycles. The van der Waals surface area contributed by atoms with Crippen molar-refractivity contribution in [2.75, 3.05) is 13.1 Å². The minimum absolute atomic E-state index is 0.0629. The van der Waals surface area contributed by atoms with Crippen LogP contribution in [0.5, 0.6) is 0 Å². The maximum absolute atomic E-state index is 12.8. The van der Waals surface area contributed by atoms with Crippen molar-refractivity contribution in [3.63, 3.8) is 0 Å². The summed E-state index contributed by atoms with van der Waals surface area (Å²) in [5.41, 5.74) is 0.558. The van der Waals surface area contributed by atoms with Crippen molar-refractivity contribution in [2.24, 2.45) is 5.92 Å². The van der Waals surface area contributed by atoms with Crippen LogP contribution in [0.2, 0.25) is 0 Å². The number of sulfonamides is 1. The van der Waals surface area contributed by atoms with Gasteiger partial charge in [-0.3, -0.25) is 0 Å². The van der Waals surface area contributed by atoms with Gasteiger partial charge in [0, 0.05) is 13.1 Å². The van der Waals surface area contributed by atoms with E-state index in [4.69, 9.17) is 0 Å². The Morgan fingerprint density at radius 2 is 1.39 bits per heavy atom. The molecule has 6 heteroatoms. The van der Waals surface area contributed by atoms with Crippen LogP contribution >= 0.6 is 11.3 Å². The lowest BCUT2D eigenvalue weighted by Gasteiger charge is -2.41. The van der Waals surface area contributed by atoms with Gasteiger partial charge in [-0.05, 0) is 41.3 Å². The number of benzene rings is 2. The molecular weight excluding hydrogens is 390 g/mol. The molecule has 1 aromatic heterocycles. The lowest BCUT2D eigenvalue weighted by atomic mass is 9.72. The van der Waals surface area contributed by atoms with Gasteiger partial charge in [0.1, 0.15) is 9.81 Å². The van der Waals surface area contributed by atoms with Gasteiger partial charge >= 0.3 is 0 Å². The van der Waals surface area contributed by atoms with Crippen LogP contribution in [0.25, 0.3) is 0 Å². The van der Waals surface area contributed by atoms with E-state index in [-0.39, 0.29) is 5.92 Å². The number of hydrogen-bond acceptors (Lipinski definition) is 4. The van der Waals surface area contributed by atoms with E-state index in [1.807, 2.05) is 60.7 Å². The third-order valence-electron chi connectivity index (χ3n) is 5.56. The van der Waals surface area contributed by atoms with Crippen LogP contribution in [0, 0.1) is 5.92 Å². The molecule has 0 atom stereocenters. The Balaban J connectivity index is 1.62. The Morgan fingerprint density at radius 1 is 0.857 bits per heavy atom. The molecule has 1 aliphatic rings. The summed E-state index contributed by atoms with van der Waals surface area (Å²) in [5, 5.41) is 13.7. The van der Waals surface area contributed by atoms with E-state index in [0.29, 0.717) is 30.1 Å². The first kappa shape index (κ1) is 19.3. The fraction of sp³-hybridized carbons (Fsp3) is 0.273. The van der Waals surface area contributed by atoms with Crippen LogP contribution in [-0.4, -0.2) is 30.9 Å². The number of hydrogen-bond donors (Lipinski definition) is 1. The molecule has 2 aromatic carbocycles. The van der Waals surface area contributed by atoms with Crippen molar-refractivity contribution in [3.8, 4) is 0 Å². The normalized spacial score (nSPS) is 16.9. The van der Waals surface area contributed by atoms with Crippen LogP contribution < -0.4 is 0 Å². The van der Waals surface area contributed by atoms with E-state index in [0.717, 1.165) is 11.1 Å².